The first-order valence-electron chi connectivity index (χ1n) is 7.22. The SMILES string of the molecule is CC(NCCOc1ccccc1)c1cc2ccccc2o1. The molecule has 3 nitrogen and oxygen atoms in total. The van der Waals surface area contributed by atoms with Crippen LogP contribution in [0.5, 0.6) is 5.75 Å². The lowest BCUT2D eigenvalue weighted by molar-refractivity contribution is 0.303. The molecular weight excluding hydrogens is 262 g/mol. The highest BCUT2D eigenvalue weighted by Gasteiger charge is 2.10. The molecule has 0 bridgehead atoms. The average Bonchev–Trinajstić information content (AvgIpc) is 2.96. The Morgan fingerprint density at radius 2 is 1.81 bits per heavy atom. The molecule has 1 aromatic heterocycles. The third kappa shape index (κ3) is 3.44. The fourth-order valence-electron chi connectivity index (χ4n) is 2.28. The summed E-state index contributed by atoms with van der Waals surface area (Å²) in [5.41, 5.74) is 0.932. The van der Waals surface area contributed by atoms with E-state index in [9.17, 15) is 0 Å². The van der Waals surface area contributed by atoms with Crippen LogP contribution in [0.25, 0.3) is 11.0 Å². The molecule has 108 valence electrons. The zero-order valence-electron chi connectivity index (χ0n) is 12.1. The van der Waals surface area contributed by atoms with Crippen LogP contribution in [0.1, 0.15) is 18.7 Å². The summed E-state index contributed by atoms with van der Waals surface area (Å²) >= 11 is 0. The molecule has 0 aliphatic heterocycles. The Labute approximate surface area is 124 Å². The van der Waals surface area contributed by atoms with Crippen molar-refractivity contribution < 1.29 is 9.15 Å². The molecule has 3 rings (SSSR count). The summed E-state index contributed by atoms with van der Waals surface area (Å²) in [6, 6.07) is 20.2. The van der Waals surface area contributed by atoms with Crippen LogP contribution in [-0.2, 0) is 0 Å². The molecule has 0 fully saturated rings. The second-order valence-electron chi connectivity index (χ2n) is 5.02. The van der Waals surface area contributed by atoms with Gasteiger partial charge < -0.3 is 14.5 Å². The lowest BCUT2D eigenvalue weighted by Gasteiger charge is -2.12. The highest BCUT2D eigenvalue weighted by Crippen LogP contribution is 2.23. The van der Waals surface area contributed by atoms with Crippen LogP contribution in [0.3, 0.4) is 0 Å². The second kappa shape index (κ2) is 6.46. The average molecular weight is 281 g/mol. The van der Waals surface area contributed by atoms with Gasteiger partial charge in [-0.1, -0.05) is 36.4 Å². The van der Waals surface area contributed by atoms with Crippen molar-refractivity contribution >= 4 is 11.0 Å². The lowest BCUT2D eigenvalue weighted by atomic mass is 10.2. The van der Waals surface area contributed by atoms with Crippen LogP contribution >= 0.6 is 0 Å². The fraction of sp³-hybridized carbons (Fsp3) is 0.222. The minimum Gasteiger partial charge on any atom is -0.492 e. The van der Waals surface area contributed by atoms with Gasteiger partial charge in [0.1, 0.15) is 23.7 Å². The molecule has 1 N–H and O–H groups in total. The third-order valence-corrected chi connectivity index (χ3v) is 3.44. The van der Waals surface area contributed by atoms with E-state index in [0.29, 0.717) is 6.61 Å². The van der Waals surface area contributed by atoms with E-state index in [1.807, 2.05) is 48.5 Å². The quantitative estimate of drug-likeness (QED) is 0.689. The van der Waals surface area contributed by atoms with Gasteiger partial charge in [-0.05, 0) is 31.2 Å². The summed E-state index contributed by atoms with van der Waals surface area (Å²) in [6.07, 6.45) is 0. The molecule has 0 saturated heterocycles. The summed E-state index contributed by atoms with van der Waals surface area (Å²) in [4.78, 5) is 0. The van der Waals surface area contributed by atoms with Crippen molar-refractivity contribution in [2.24, 2.45) is 0 Å². The molecule has 3 heteroatoms. The molecule has 2 aromatic carbocycles. The van der Waals surface area contributed by atoms with E-state index in [1.54, 1.807) is 0 Å². The second-order valence-corrected chi connectivity index (χ2v) is 5.02. The van der Waals surface area contributed by atoms with Crippen LogP contribution < -0.4 is 10.1 Å². The van der Waals surface area contributed by atoms with Crippen LogP contribution in [0.4, 0.5) is 0 Å². The van der Waals surface area contributed by atoms with E-state index in [-0.39, 0.29) is 6.04 Å². The van der Waals surface area contributed by atoms with Crippen LogP contribution in [0.15, 0.2) is 65.1 Å². The molecule has 0 spiro atoms. The first-order chi connectivity index (χ1) is 10.3. The van der Waals surface area contributed by atoms with E-state index < -0.39 is 0 Å². The monoisotopic (exact) mass is 281 g/mol. The lowest BCUT2D eigenvalue weighted by Crippen LogP contribution is -2.24. The molecule has 0 amide bonds. The van der Waals surface area contributed by atoms with Crippen molar-refractivity contribution in [3.05, 3.63) is 66.4 Å². The zero-order chi connectivity index (χ0) is 14.5. The Morgan fingerprint density at radius 3 is 2.62 bits per heavy atom. The van der Waals surface area contributed by atoms with Gasteiger partial charge in [0, 0.05) is 11.9 Å². The number of para-hydroxylation sites is 2. The maximum atomic E-state index is 5.84. The van der Waals surface area contributed by atoms with Gasteiger partial charge in [-0.2, -0.15) is 0 Å². The predicted octanol–water partition coefficient (Wildman–Crippen LogP) is 4.16. The molecular formula is C18H19NO2. The van der Waals surface area contributed by atoms with Gasteiger partial charge in [0.25, 0.3) is 0 Å². The fourth-order valence-corrected chi connectivity index (χ4v) is 2.28. The Morgan fingerprint density at radius 1 is 1.05 bits per heavy atom. The molecule has 0 aliphatic rings. The zero-order valence-corrected chi connectivity index (χ0v) is 12.1. The maximum Gasteiger partial charge on any atom is 0.134 e. The van der Waals surface area contributed by atoms with Gasteiger partial charge in [-0.25, -0.2) is 0 Å². The van der Waals surface area contributed by atoms with E-state index in [2.05, 4.69) is 24.4 Å². The molecule has 0 saturated carbocycles. The Bertz CT molecular complexity index is 658. The highest BCUT2D eigenvalue weighted by atomic mass is 16.5. The van der Waals surface area contributed by atoms with Gasteiger partial charge in [-0.15, -0.1) is 0 Å². The minimum atomic E-state index is 0.164. The number of fused-ring (bicyclic) bond motifs is 1. The van der Waals surface area contributed by atoms with Gasteiger partial charge in [0.15, 0.2) is 0 Å². The van der Waals surface area contributed by atoms with Crippen molar-refractivity contribution in [3.8, 4) is 5.75 Å². The Balaban J connectivity index is 1.51. The third-order valence-electron chi connectivity index (χ3n) is 3.44. The largest absolute Gasteiger partial charge is 0.492 e. The van der Waals surface area contributed by atoms with E-state index in [1.165, 1.54) is 0 Å². The van der Waals surface area contributed by atoms with Gasteiger partial charge in [0.05, 0.1) is 6.04 Å². The van der Waals surface area contributed by atoms with Crippen LogP contribution in [0.2, 0.25) is 0 Å². The number of ether oxygens (including phenoxy) is 1. The number of hydrogen-bond donors (Lipinski definition) is 1. The first kappa shape index (κ1) is 13.7. The predicted molar refractivity (Wildman–Crippen MR) is 84.6 cm³/mol. The topological polar surface area (TPSA) is 34.4 Å². The number of rotatable bonds is 6. The van der Waals surface area contributed by atoms with Gasteiger partial charge in [0.2, 0.25) is 0 Å². The Kier molecular flexibility index (Phi) is 4.22. The van der Waals surface area contributed by atoms with Crippen molar-refractivity contribution in [2.45, 2.75) is 13.0 Å². The summed E-state index contributed by atoms with van der Waals surface area (Å²) in [5.74, 6) is 1.85. The number of nitrogens with one attached hydrogen (secondary N) is 1. The van der Waals surface area contributed by atoms with Crippen LogP contribution in [0, 0.1) is 0 Å². The number of benzene rings is 2. The Hall–Kier alpha value is -2.26. The molecule has 0 radical (unpaired) electrons. The summed E-state index contributed by atoms with van der Waals surface area (Å²) in [5, 5.41) is 4.55. The number of furan rings is 1. The molecule has 0 aliphatic carbocycles. The van der Waals surface area contributed by atoms with Crippen molar-refractivity contribution in [3.63, 3.8) is 0 Å². The standard InChI is InChI=1S/C18H19NO2/c1-14(18-13-15-7-5-6-10-17(15)21-18)19-11-12-20-16-8-3-2-4-9-16/h2-10,13-14,19H,11-12H2,1H3. The van der Waals surface area contributed by atoms with Crippen molar-refractivity contribution in [2.75, 3.05) is 13.2 Å². The van der Waals surface area contributed by atoms with Crippen LogP contribution in [-0.4, -0.2) is 13.2 Å². The maximum absolute atomic E-state index is 5.84. The highest BCUT2D eigenvalue weighted by molar-refractivity contribution is 5.77. The summed E-state index contributed by atoms with van der Waals surface area (Å²) in [7, 11) is 0. The van der Waals surface area contributed by atoms with Crippen molar-refractivity contribution in [1.29, 1.82) is 0 Å². The smallest absolute Gasteiger partial charge is 0.134 e. The minimum absolute atomic E-state index is 0.164. The van der Waals surface area contributed by atoms with E-state index in [0.717, 1.165) is 29.0 Å². The van der Waals surface area contributed by atoms with E-state index in [4.69, 9.17) is 9.15 Å². The molecule has 1 unspecified atom stereocenters. The summed E-state index contributed by atoms with van der Waals surface area (Å²) in [6.45, 7) is 3.50. The molecule has 1 heterocycles. The van der Waals surface area contributed by atoms with Crippen molar-refractivity contribution in [1.82, 2.24) is 5.32 Å². The molecule has 1 atom stereocenters. The van der Waals surface area contributed by atoms with E-state index >= 15 is 0 Å². The summed E-state index contributed by atoms with van der Waals surface area (Å²) < 4.78 is 11.5. The normalized spacial score (nSPS) is 12.4. The molecule has 21 heavy (non-hydrogen) atoms. The molecule has 3 aromatic rings. The van der Waals surface area contributed by atoms with Gasteiger partial charge >= 0.3 is 0 Å². The number of hydrogen-bond acceptors (Lipinski definition) is 3. The first-order valence-corrected chi connectivity index (χ1v) is 7.22. The van der Waals surface area contributed by atoms with Gasteiger partial charge in [-0.3, -0.25) is 0 Å².